The first-order valence-electron chi connectivity index (χ1n) is 6.39. The van der Waals surface area contributed by atoms with Gasteiger partial charge < -0.3 is 4.90 Å². The molecule has 5 heteroatoms. The lowest BCUT2D eigenvalue weighted by atomic mass is 10.1. The second-order valence-electron chi connectivity index (χ2n) is 4.93. The van der Waals surface area contributed by atoms with Gasteiger partial charge in [-0.25, -0.2) is 4.39 Å². The lowest BCUT2D eigenvalue weighted by Crippen LogP contribution is -2.29. The Labute approximate surface area is 125 Å². The number of halogens is 2. The number of carbonyl (C=O) groups is 2. The molecule has 0 radical (unpaired) electrons. The maximum Gasteiger partial charge on any atom is 0.299 e. The summed E-state index contributed by atoms with van der Waals surface area (Å²) in [6, 6.07) is 9.21. The highest BCUT2D eigenvalue weighted by Gasteiger charge is 2.36. The molecule has 21 heavy (non-hydrogen) atoms. The highest BCUT2D eigenvalue weighted by molar-refractivity contribution is 6.52. The molecule has 0 saturated heterocycles. The molecule has 2 aromatic rings. The standard InChI is InChI=1S/C16H11ClFNO2/c1-9-3-2-4-12-14(9)19(16(21)15(12)20)8-10-5-6-11(18)7-13(10)17/h2-7H,8H2,1H3. The summed E-state index contributed by atoms with van der Waals surface area (Å²) >= 11 is 6.00. The maximum atomic E-state index is 13.1. The van der Waals surface area contributed by atoms with E-state index >= 15 is 0 Å². The topological polar surface area (TPSA) is 37.4 Å². The minimum absolute atomic E-state index is 0.140. The molecular weight excluding hydrogens is 293 g/mol. The zero-order valence-corrected chi connectivity index (χ0v) is 11.9. The third-order valence-electron chi connectivity index (χ3n) is 3.54. The van der Waals surface area contributed by atoms with Gasteiger partial charge in [-0.1, -0.05) is 29.8 Å². The van der Waals surface area contributed by atoms with E-state index < -0.39 is 17.5 Å². The number of ketones is 1. The fraction of sp³-hybridized carbons (Fsp3) is 0.125. The van der Waals surface area contributed by atoms with Crippen LogP contribution >= 0.6 is 11.6 Å². The second-order valence-corrected chi connectivity index (χ2v) is 5.33. The van der Waals surface area contributed by atoms with E-state index in [0.29, 0.717) is 16.8 Å². The van der Waals surface area contributed by atoms with Gasteiger partial charge in [0.15, 0.2) is 0 Å². The number of hydrogen-bond acceptors (Lipinski definition) is 2. The molecule has 0 fully saturated rings. The Bertz CT molecular complexity index is 773. The summed E-state index contributed by atoms with van der Waals surface area (Å²) < 4.78 is 13.1. The van der Waals surface area contributed by atoms with Crippen LogP contribution in [-0.4, -0.2) is 11.7 Å². The summed E-state index contributed by atoms with van der Waals surface area (Å²) in [4.78, 5) is 25.6. The van der Waals surface area contributed by atoms with Gasteiger partial charge in [-0.2, -0.15) is 0 Å². The summed E-state index contributed by atoms with van der Waals surface area (Å²) in [5.74, 6) is -1.55. The fourth-order valence-electron chi connectivity index (χ4n) is 2.51. The first-order chi connectivity index (χ1) is 9.99. The molecule has 0 unspecified atom stereocenters. The highest BCUT2D eigenvalue weighted by atomic mass is 35.5. The van der Waals surface area contributed by atoms with Crippen molar-refractivity contribution >= 4 is 29.0 Å². The third-order valence-corrected chi connectivity index (χ3v) is 3.89. The summed E-state index contributed by atoms with van der Waals surface area (Å²) in [5, 5.41) is 0.234. The van der Waals surface area contributed by atoms with Crippen LogP contribution in [0.3, 0.4) is 0 Å². The lowest BCUT2D eigenvalue weighted by molar-refractivity contribution is -0.114. The lowest BCUT2D eigenvalue weighted by Gasteiger charge is -2.19. The average molecular weight is 304 g/mol. The van der Waals surface area contributed by atoms with Gasteiger partial charge in [0.2, 0.25) is 0 Å². The Morgan fingerprint density at radius 2 is 1.95 bits per heavy atom. The van der Waals surface area contributed by atoms with Crippen molar-refractivity contribution in [2.45, 2.75) is 13.5 Å². The first kappa shape index (κ1) is 13.8. The number of para-hydroxylation sites is 1. The van der Waals surface area contributed by atoms with Crippen molar-refractivity contribution < 1.29 is 14.0 Å². The molecule has 0 bridgehead atoms. The first-order valence-corrected chi connectivity index (χ1v) is 6.76. The Kier molecular flexibility index (Phi) is 3.26. The molecule has 0 N–H and O–H groups in total. The zero-order chi connectivity index (χ0) is 15.1. The van der Waals surface area contributed by atoms with E-state index in [1.807, 2.05) is 13.0 Å². The Balaban J connectivity index is 2.04. The number of aryl methyl sites for hydroxylation is 1. The van der Waals surface area contributed by atoms with Crippen LogP contribution in [0, 0.1) is 12.7 Å². The summed E-state index contributed by atoms with van der Waals surface area (Å²) in [6.07, 6.45) is 0. The molecule has 2 aromatic carbocycles. The van der Waals surface area contributed by atoms with Crippen LogP contribution < -0.4 is 4.90 Å². The van der Waals surface area contributed by atoms with E-state index in [2.05, 4.69) is 0 Å². The van der Waals surface area contributed by atoms with E-state index in [-0.39, 0.29) is 11.6 Å². The number of rotatable bonds is 2. The molecule has 106 valence electrons. The summed E-state index contributed by atoms with van der Waals surface area (Å²) in [7, 11) is 0. The Morgan fingerprint density at radius 3 is 2.67 bits per heavy atom. The van der Waals surface area contributed by atoms with Crippen molar-refractivity contribution in [1.82, 2.24) is 0 Å². The minimum atomic E-state index is -0.584. The maximum absolute atomic E-state index is 13.1. The molecule has 0 aromatic heterocycles. The van der Waals surface area contributed by atoms with E-state index in [0.717, 1.165) is 5.56 Å². The number of fused-ring (bicyclic) bond motifs is 1. The number of anilines is 1. The smallest absolute Gasteiger partial charge is 0.299 e. The van der Waals surface area contributed by atoms with Crippen LogP contribution in [0.4, 0.5) is 10.1 Å². The van der Waals surface area contributed by atoms with Crippen molar-refractivity contribution in [3.63, 3.8) is 0 Å². The largest absolute Gasteiger partial charge is 0.300 e. The van der Waals surface area contributed by atoms with Gasteiger partial charge in [0, 0.05) is 5.02 Å². The van der Waals surface area contributed by atoms with Crippen molar-refractivity contribution in [3.8, 4) is 0 Å². The molecule has 1 heterocycles. The number of benzene rings is 2. The van der Waals surface area contributed by atoms with Crippen LogP contribution in [0.5, 0.6) is 0 Å². The predicted molar refractivity (Wildman–Crippen MR) is 78.1 cm³/mol. The van der Waals surface area contributed by atoms with Crippen molar-refractivity contribution in [2.75, 3.05) is 4.90 Å². The minimum Gasteiger partial charge on any atom is -0.300 e. The molecular formula is C16H11ClFNO2. The summed E-state index contributed by atoms with van der Waals surface area (Å²) in [5.41, 5.74) is 2.44. The monoisotopic (exact) mass is 303 g/mol. The quantitative estimate of drug-likeness (QED) is 0.796. The summed E-state index contributed by atoms with van der Waals surface area (Å²) in [6.45, 7) is 1.98. The SMILES string of the molecule is Cc1cccc2c1N(Cc1ccc(F)cc1Cl)C(=O)C2=O. The highest BCUT2D eigenvalue weighted by Crippen LogP contribution is 2.34. The molecule has 0 aliphatic carbocycles. The van der Waals surface area contributed by atoms with Crippen molar-refractivity contribution in [3.05, 3.63) is 63.9 Å². The molecule has 0 saturated carbocycles. The Morgan fingerprint density at radius 1 is 1.19 bits per heavy atom. The average Bonchev–Trinajstić information content (AvgIpc) is 2.68. The van der Waals surface area contributed by atoms with Crippen LogP contribution in [0.15, 0.2) is 36.4 Å². The van der Waals surface area contributed by atoms with Gasteiger partial charge in [0.1, 0.15) is 5.82 Å². The van der Waals surface area contributed by atoms with E-state index in [9.17, 15) is 14.0 Å². The van der Waals surface area contributed by atoms with Gasteiger partial charge in [0.25, 0.3) is 11.7 Å². The Hall–Kier alpha value is -2.20. The predicted octanol–water partition coefficient (Wildman–Crippen LogP) is 3.52. The van der Waals surface area contributed by atoms with E-state index in [1.54, 1.807) is 12.1 Å². The molecule has 3 nitrogen and oxygen atoms in total. The van der Waals surface area contributed by atoms with Crippen LogP contribution in [0.1, 0.15) is 21.5 Å². The molecule has 1 aliphatic heterocycles. The molecule has 1 amide bonds. The number of carbonyl (C=O) groups excluding carboxylic acids is 2. The van der Waals surface area contributed by atoms with Crippen molar-refractivity contribution in [1.29, 1.82) is 0 Å². The van der Waals surface area contributed by atoms with Crippen LogP contribution in [0.25, 0.3) is 0 Å². The molecule has 3 rings (SSSR count). The fourth-order valence-corrected chi connectivity index (χ4v) is 2.74. The molecule has 0 spiro atoms. The van der Waals surface area contributed by atoms with E-state index in [1.165, 1.54) is 23.1 Å². The van der Waals surface area contributed by atoms with Crippen LogP contribution in [0.2, 0.25) is 5.02 Å². The second kappa shape index (κ2) is 4.97. The van der Waals surface area contributed by atoms with Gasteiger partial charge in [0.05, 0.1) is 17.8 Å². The van der Waals surface area contributed by atoms with E-state index in [4.69, 9.17) is 11.6 Å². The number of hydrogen-bond donors (Lipinski definition) is 0. The van der Waals surface area contributed by atoms with Gasteiger partial charge >= 0.3 is 0 Å². The third kappa shape index (κ3) is 2.21. The van der Waals surface area contributed by atoms with Crippen molar-refractivity contribution in [2.24, 2.45) is 0 Å². The van der Waals surface area contributed by atoms with Crippen LogP contribution in [-0.2, 0) is 11.3 Å². The zero-order valence-electron chi connectivity index (χ0n) is 11.2. The molecule has 1 aliphatic rings. The number of nitrogens with zero attached hydrogens (tertiary/aromatic N) is 1. The number of Topliss-reactive ketones (excluding diaryl/α,β-unsaturated/α-hetero) is 1. The van der Waals surface area contributed by atoms with Gasteiger partial charge in [-0.15, -0.1) is 0 Å². The number of amides is 1. The molecule has 0 atom stereocenters. The van der Waals surface area contributed by atoms with Gasteiger partial charge in [-0.05, 0) is 36.2 Å². The van der Waals surface area contributed by atoms with Gasteiger partial charge in [-0.3, -0.25) is 9.59 Å². The normalized spacial score (nSPS) is 13.8.